The normalized spacial score (nSPS) is 36.6. The fourth-order valence-corrected chi connectivity index (χ4v) is 3.16. The molecule has 1 amide bonds. The van der Waals surface area contributed by atoms with Crippen molar-refractivity contribution in [2.24, 2.45) is 5.92 Å². The minimum absolute atomic E-state index is 0.0257. The predicted octanol–water partition coefficient (Wildman–Crippen LogP) is 0.372. The molecular formula is C14H22F2N2O3. The molecule has 21 heavy (non-hydrogen) atoms. The molecule has 0 aromatic heterocycles. The Morgan fingerprint density at radius 1 is 1.43 bits per heavy atom. The number of ether oxygens (including phenoxy) is 1. The Kier molecular flexibility index (Phi) is 4.16. The summed E-state index contributed by atoms with van der Waals surface area (Å²) in [4.78, 5) is 13.5. The lowest BCUT2D eigenvalue weighted by atomic mass is 9.84. The second-order valence-corrected chi connectivity index (χ2v) is 6.45. The number of nitrogens with zero attached hydrogens (tertiary/aromatic N) is 1. The van der Waals surface area contributed by atoms with Gasteiger partial charge >= 0.3 is 0 Å². The van der Waals surface area contributed by atoms with E-state index in [0.717, 1.165) is 19.3 Å². The third-order valence-electron chi connectivity index (χ3n) is 4.77. The molecule has 5 nitrogen and oxygen atoms in total. The van der Waals surface area contributed by atoms with Crippen molar-refractivity contribution >= 4 is 5.91 Å². The van der Waals surface area contributed by atoms with E-state index in [1.165, 1.54) is 0 Å². The number of carbonyl (C=O) groups is 1. The van der Waals surface area contributed by atoms with Crippen LogP contribution >= 0.6 is 0 Å². The van der Waals surface area contributed by atoms with E-state index in [-0.39, 0.29) is 37.9 Å². The number of aliphatic hydroxyl groups is 1. The quantitative estimate of drug-likeness (QED) is 0.788. The van der Waals surface area contributed by atoms with Crippen LogP contribution in [0, 0.1) is 5.92 Å². The smallest absolute Gasteiger partial charge is 0.261 e. The molecule has 3 unspecified atom stereocenters. The van der Waals surface area contributed by atoms with E-state index >= 15 is 0 Å². The molecule has 0 spiro atoms. The van der Waals surface area contributed by atoms with Gasteiger partial charge in [0, 0.05) is 25.4 Å². The van der Waals surface area contributed by atoms with E-state index in [0.29, 0.717) is 6.54 Å². The zero-order valence-electron chi connectivity index (χ0n) is 11.9. The lowest BCUT2D eigenvalue weighted by Gasteiger charge is -2.27. The number of carbonyl (C=O) groups excluding carboxylic acids is 1. The van der Waals surface area contributed by atoms with Crippen molar-refractivity contribution in [2.45, 2.75) is 49.9 Å². The lowest BCUT2D eigenvalue weighted by Crippen LogP contribution is -2.49. The first-order chi connectivity index (χ1) is 9.94. The van der Waals surface area contributed by atoms with Gasteiger partial charge in [-0.3, -0.25) is 9.69 Å². The number of aliphatic hydroxyl groups excluding tert-OH is 1. The zero-order chi connectivity index (χ0) is 15.0. The van der Waals surface area contributed by atoms with Crippen LogP contribution in [0.4, 0.5) is 8.78 Å². The van der Waals surface area contributed by atoms with Crippen molar-refractivity contribution in [1.29, 1.82) is 0 Å². The molecule has 0 bridgehead atoms. The van der Waals surface area contributed by atoms with Gasteiger partial charge in [0.1, 0.15) is 6.10 Å². The molecule has 7 heteroatoms. The maximum atomic E-state index is 13.1. The second kappa shape index (κ2) is 5.78. The highest BCUT2D eigenvalue weighted by atomic mass is 19.3. The van der Waals surface area contributed by atoms with Crippen molar-refractivity contribution < 1.29 is 23.4 Å². The Morgan fingerprint density at radius 3 is 2.76 bits per heavy atom. The van der Waals surface area contributed by atoms with E-state index in [1.54, 1.807) is 4.90 Å². The van der Waals surface area contributed by atoms with Gasteiger partial charge in [0.25, 0.3) is 5.92 Å². The van der Waals surface area contributed by atoms with Crippen LogP contribution in [-0.4, -0.2) is 66.3 Å². The first-order valence-corrected chi connectivity index (χ1v) is 7.65. The summed E-state index contributed by atoms with van der Waals surface area (Å²) in [5.74, 6) is -2.60. The summed E-state index contributed by atoms with van der Waals surface area (Å²) in [6, 6.07) is -0.425. The van der Waals surface area contributed by atoms with Crippen LogP contribution in [-0.2, 0) is 9.53 Å². The Hall–Kier alpha value is -0.790. The molecule has 0 radical (unpaired) electrons. The van der Waals surface area contributed by atoms with Crippen LogP contribution in [0.5, 0.6) is 0 Å². The maximum Gasteiger partial charge on any atom is 0.261 e. The average Bonchev–Trinajstić information content (AvgIpc) is 2.84. The lowest BCUT2D eigenvalue weighted by molar-refractivity contribution is -0.128. The standard InChI is InChI=1S/C14H22F2N2O3/c15-14(16)4-5-18(8-14)6-11-12(19)10(7-21-11)17-13(20)9-2-1-3-9/h9-12,19H,1-8H2,(H,17,20). The Labute approximate surface area is 122 Å². The highest BCUT2D eigenvalue weighted by Gasteiger charge is 2.43. The number of nitrogens with one attached hydrogen (secondary N) is 1. The fourth-order valence-electron chi connectivity index (χ4n) is 3.16. The molecule has 3 rings (SSSR count). The summed E-state index contributed by atoms with van der Waals surface area (Å²) >= 11 is 0. The minimum Gasteiger partial charge on any atom is -0.388 e. The van der Waals surface area contributed by atoms with Crippen LogP contribution in [0.1, 0.15) is 25.7 Å². The van der Waals surface area contributed by atoms with E-state index in [2.05, 4.69) is 5.32 Å². The van der Waals surface area contributed by atoms with Crippen molar-refractivity contribution in [2.75, 3.05) is 26.2 Å². The molecule has 0 aromatic rings. The number of likely N-dealkylation sites (tertiary alicyclic amines) is 1. The van der Waals surface area contributed by atoms with Gasteiger partial charge in [0.15, 0.2) is 0 Å². The molecule has 2 heterocycles. The first-order valence-electron chi connectivity index (χ1n) is 7.65. The van der Waals surface area contributed by atoms with Gasteiger partial charge in [0.2, 0.25) is 5.91 Å². The third kappa shape index (κ3) is 3.35. The van der Waals surface area contributed by atoms with Crippen LogP contribution in [0.3, 0.4) is 0 Å². The largest absolute Gasteiger partial charge is 0.388 e. The molecule has 2 N–H and O–H groups in total. The van der Waals surface area contributed by atoms with Crippen LogP contribution in [0.25, 0.3) is 0 Å². The van der Waals surface area contributed by atoms with Gasteiger partial charge in [-0.2, -0.15) is 0 Å². The average molecular weight is 304 g/mol. The summed E-state index contributed by atoms with van der Waals surface area (Å²) in [5, 5.41) is 13.0. The first kappa shape index (κ1) is 15.1. The maximum absolute atomic E-state index is 13.1. The minimum atomic E-state index is -2.64. The van der Waals surface area contributed by atoms with E-state index in [9.17, 15) is 18.7 Å². The zero-order valence-corrected chi connectivity index (χ0v) is 11.9. The Bertz CT molecular complexity index is 404. The van der Waals surface area contributed by atoms with Gasteiger partial charge in [-0.05, 0) is 12.8 Å². The van der Waals surface area contributed by atoms with Gasteiger partial charge < -0.3 is 15.2 Å². The van der Waals surface area contributed by atoms with E-state index in [4.69, 9.17) is 4.74 Å². The summed E-state index contributed by atoms with van der Waals surface area (Å²) in [6.45, 7) is 0.568. The molecule has 0 aromatic carbocycles. The molecule has 120 valence electrons. The van der Waals surface area contributed by atoms with Crippen molar-refractivity contribution in [1.82, 2.24) is 10.2 Å². The van der Waals surface area contributed by atoms with Gasteiger partial charge in [-0.15, -0.1) is 0 Å². The van der Waals surface area contributed by atoms with Gasteiger partial charge in [-0.25, -0.2) is 8.78 Å². The molecule has 2 aliphatic heterocycles. The molecule has 2 saturated heterocycles. The van der Waals surface area contributed by atoms with Crippen LogP contribution in [0.15, 0.2) is 0 Å². The predicted molar refractivity (Wildman–Crippen MR) is 71.0 cm³/mol. The van der Waals surface area contributed by atoms with Crippen molar-refractivity contribution in [3.8, 4) is 0 Å². The fraction of sp³-hybridized carbons (Fsp3) is 0.929. The van der Waals surface area contributed by atoms with Crippen molar-refractivity contribution in [3.05, 3.63) is 0 Å². The van der Waals surface area contributed by atoms with Crippen LogP contribution < -0.4 is 5.32 Å². The number of halogens is 2. The number of rotatable bonds is 4. The SMILES string of the molecule is O=C(NC1COC(CN2CCC(F)(F)C2)C1O)C1CCC1. The number of hydrogen-bond acceptors (Lipinski definition) is 4. The number of hydrogen-bond donors (Lipinski definition) is 2. The molecule has 1 saturated carbocycles. The second-order valence-electron chi connectivity index (χ2n) is 6.45. The Morgan fingerprint density at radius 2 is 2.19 bits per heavy atom. The highest BCUT2D eigenvalue weighted by Crippen LogP contribution is 2.29. The van der Waals surface area contributed by atoms with Gasteiger partial charge in [0.05, 0.1) is 25.3 Å². The molecule has 3 atom stereocenters. The van der Waals surface area contributed by atoms with E-state index < -0.39 is 24.2 Å². The molecular weight excluding hydrogens is 282 g/mol. The number of alkyl halides is 2. The summed E-state index contributed by atoms with van der Waals surface area (Å²) in [7, 11) is 0. The molecule has 3 aliphatic rings. The molecule has 1 aliphatic carbocycles. The number of amides is 1. The summed E-state index contributed by atoms with van der Waals surface area (Å²) in [5.41, 5.74) is 0. The van der Waals surface area contributed by atoms with Gasteiger partial charge in [-0.1, -0.05) is 6.42 Å². The summed E-state index contributed by atoms with van der Waals surface area (Å²) in [6.07, 6.45) is 1.41. The topological polar surface area (TPSA) is 61.8 Å². The third-order valence-corrected chi connectivity index (χ3v) is 4.77. The summed E-state index contributed by atoms with van der Waals surface area (Å²) < 4.78 is 31.8. The van der Waals surface area contributed by atoms with Crippen molar-refractivity contribution in [3.63, 3.8) is 0 Å². The highest BCUT2D eigenvalue weighted by molar-refractivity contribution is 5.79. The van der Waals surface area contributed by atoms with Crippen LogP contribution in [0.2, 0.25) is 0 Å². The van der Waals surface area contributed by atoms with E-state index in [1.807, 2.05) is 0 Å². The Balaban J connectivity index is 1.47. The monoisotopic (exact) mass is 304 g/mol. The molecule has 3 fully saturated rings.